The molecule has 0 bridgehead atoms. The first-order valence-corrected chi connectivity index (χ1v) is 5.20. The molecule has 1 saturated heterocycles. The van der Waals surface area contributed by atoms with Gasteiger partial charge in [0.1, 0.15) is 0 Å². The fourth-order valence-electron chi connectivity index (χ4n) is 2.14. The highest BCUT2D eigenvalue weighted by atomic mass is 15.2. The minimum atomic E-state index is 0.601. The molecule has 1 aromatic heterocycles. The van der Waals surface area contributed by atoms with E-state index in [1.807, 2.05) is 12.5 Å². The zero-order chi connectivity index (χ0) is 9.97. The van der Waals surface area contributed by atoms with Crippen LogP contribution in [0, 0.1) is 0 Å². The maximum atomic E-state index is 5.56. The minimum absolute atomic E-state index is 0.601. The van der Waals surface area contributed by atoms with E-state index in [9.17, 15) is 0 Å². The van der Waals surface area contributed by atoms with Gasteiger partial charge in [-0.25, -0.2) is 4.98 Å². The van der Waals surface area contributed by atoms with Crippen LogP contribution in [0.2, 0.25) is 0 Å². The van der Waals surface area contributed by atoms with Gasteiger partial charge in [-0.1, -0.05) is 0 Å². The van der Waals surface area contributed by atoms with E-state index in [2.05, 4.69) is 21.5 Å². The Morgan fingerprint density at radius 2 is 2.50 bits per heavy atom. The minimum Gasteiger partial charge on any atom is -0.330 e. The Balaban J connectivity index is 2.11. The van der Waals surface area contributed by atoms with Gasteiger partial charge in [0.2, 0.25) is 0 Å². The first-order chi connectivity index (χ1) is 6.81. The summed E-state index contributed by atoms with van der Waals surface area (Å²) >= 11 is 0. The molecule has 0 aromatic carbocycles. The molecule has 0 spiro atoms. The Morgan fingerprint density at radius 3 is 3.14 bits per heavy atom. The molecule has 14 heavy (non-hydrogen) atoms. The summed E-state index contributed by atoms with van der Waals surface area (Å²) in [6.45, 7) is 3.02. The lowest BCUT2D eigenvalue weighted by Gasteiger charge is -2.15. The van der Waals surface area contributed by atoms with Crippen LogP contribution in [0.5, 0.6) is 0 Å². The SMILES string of the molecule is CN1CCC(n2cncc2CCN)C1. The van der Waals surface area contributed by atoms with E-state index in [-0.39, 0.29) is 0 Å². The average Bonchev–Trinajstić information content (AvgIpc) is 2.74. The number of rotatable bonds is 3. The van der Waals surface area contributed by atoms with Crippen LogP contribution < -0.4 is 5.73 Å². The first-order valence-electron chi connectivity index (χ1n) is 5.20. The van der Waals surface area contributed by atoms with Gasteiger partial charge in [0.25, 0.3) is 0 Å². The maximum Gasteiger partial charge on any atom is 0.0951 e. The summed E-state index contributed by atoms with van der Waals surface area (Å²) in [7, 11) is 2.17. The predicted octanol–water partition coefficient (Wildman–Crippen LogP) is 0.261. The molecular weight excluding hydrogens is 176 g/mol. The van der Waals surface area contributed by atoms with E-state index < -0.39 is 0 Å². The van der Waals surface area contributed by atoms with Crippen LogP contribution in [-0.4, -0.2) is 41.1 Å². The number of hydrogen-bond donors (Lipinski definition) is 1. The van der Waals surface area contributed by atoms with Crippen molar-refractivity contribution in [3.05, 3.63) is 18.2 Å². The molecule has 1 atom stereocenters. The zero-order valence-electron chi connectivity index (χ0n) is 8.69. The second kappa shape index (κ2) is 4.11. The molecule has 0 saturated carbocycles. The molecule has 2 rings (SSSR count). The third-order valence-corrected chi connectivity index (χ3v) is 2.91. The van der Waals surface area contributed by atoms with E-state index in [0.29, 0.717) is 12.6 Å². The number of nitrogens with zero attached hydrogens (tertiary/aromatic N) is 3. The van der Waals surface area contributed by atoms with E-state index >= 15 is 0 Å². The second-order valence-corrected chi connectivity index (χ2v) is 4.04. The average molecular weight is 194 g/mol. The Morgan fingerprint density at radius 1 is 1.64 bits per heavy atom. The molecule has 4 heteroatoms. The third-order valence-electron chi connectivity index (χ3n) is 2.91. The van der Waals surface area contributed by atoms with E-state index in [1.165, 1.54) is 18.7 Å². The molecule has 0 amide bonds. The highest BCUT2D eigenvalue weighted by molar-refractivity contribution is 5.02. The van der Waals surface area contributed by atoms with Crippen LogP contribution >= 0.6 is 0 Å². The van der Waals surface area contributed by atoms with Gasteiger partial charge in [-0.05, 0) is 26.6 Å². The summed E-state index contributed by atoms with van der Waals surface area (Å²) in [6, 6.07) is 0.601. The van der Waals surface area contributed by atoms with Crippen LogP contribution in [0.15, 0.2) is 12.5 Å². The fourth-order valence-corrected chi connectivity index (χ4v) is 2.14. The van der Waals surface area contributed by atoms with E-state index in [0.717, 1.165) is 13.0 Å². The summed E-state index contributed by atoms with van der Waals surface area (Å²) in [5.74, 6) is 0. The normalized spacial score (nSPS) is 23.1. The second-order valence-electron chi connectivity index (χ2n) is 4.04. The molecule has 0 aliphatic carbocycles. The van der Waals surface area contributed by atoms with Crippen LogP contribution in [0.1, 0.15) is 18.2 Å². The summed E-state index contributed by atoms with van der Waals surface area (Å²) < 4.78 is 2.29. The maximum absolute atomic E-state index is 5.56. The lowest BCUT2D eigenvalue weighted by Crippen LogP contribution is -2.18. The summed E-state index contributed by atoms with van der Waals surface area (Å²) in [4.78, 5) is 6.56. The standard InChI is InChI=1S/C10H18N4/c1-13-5-3-10(7-13)14-8-12-6-9(14)2-4-11/h6,8,10H,2-5,7,11H2,1H3. The first kappa shape index (κ1) is 9.68. The van der Waals surface area contributed by atoms with Gasteiger partial charge in [-0.3, -0.25) is 0 Å². The van der Waals surface area contributed by atoms with Crippen molar-refractivity contribution in [2.24, 2.45) is 5.73 Å². The molecule has 1 aliphatic rings. The summed E-state index contributed by atoms with van der Waals surface area (Å²) in [6.07, 6.45) is 6.03. The number of likely N-dealkylation sites (tertiary alicyclic amines) is 1. The van der Waals surface area contributed by atoms with Gasteiger partial charge >= 0.3 is 0 Å². The van der Waals surface area contributed by atoms with Crippen molar-refractivity contribution in [3.63, 3.8) is 0 Å². The third kappa shape index (κ3) is 1.81. The monoisotopic (exact) mass is 194 g/mol. The van der Waals surface area contributed by atoms with Gasteiger partial charge in [0.05, 0.1) is 6.33 Å². The lowest BCUT2D eigenvalue weighted by atomic mass is 10.2. The molecule has 2 N–H and O–H groups in total. The van der Waals surface area contributed by atoms with Crippen LogP contribution in [0.25, 0.3) is 0 Å². The Labute approximate surface area is 84.7 Å². The van der Waals surface area contributed by atoms with Crippen LogP contribution in [0.4, 0.5) is 0 Å². The smallest absolute Gasteiger partial charge is 0.0951 e. The van der Waals surface area contributed by atoms with Crippen LogP contribution in [-0.2, 0) is 6.42 Å². The zero-order valence-corrected chi connectivity index (χ0v) is 8.69. The Hall–Kier alpha value is -0.870. The number of imidazole rings is 1. The topological polar surface area (TPSA) is 47.1 Å². The highest BCUT2D eigenvalue weighted by Gasteiger charge is 2.22. The summed E-state index contributed by atoms with van der Waals surface area (Å²) in [5, 5.41) is 0. The van der Waals surface area contributed by atoms with E-state index in [4.69, 9.17) is 5.73 Å². The number of nitrogens with two attached hydrogens (primary N) is 1. The van der Waals surface area contributed by atoms with Crippen molar-refractivity contribution in [2.45, 2.75) is 18.9 Å². The van der Waals surface area contributed by atoms with Gasteiger partial charge in [-0.2, -0.15) is 0 Å². The van der Waals surface area contributed by atoms with Crippen LogP contribution in [0.3, 0.4) is 0 Å². The summed E-state index contributed by atoms with van der Waals surface area (Å²) in [5.41, 5.74) is 6.83. The molecule has 0 radical (unpaired) electrons. The fraction of sp³-hybridized carbons (Fsp3) is 0.700. The van der Waals surface area contributed by atoms with Crippen molar-refractivity contribution in [2.75, 3.05) is 26.7 Å². The molecule has 4 nitrogen and oxygen atoms in total. The Bertz CT molecular complexity index is 294. The predicted molar refractivity (Wildman–Crippen MR) is 56.1 cm³/mol. The molecule has 78 valence electrons. The lowest BCUT2D eigenvalue weighted by molar-refractivity contribution is 0.390. The Kier molecular flexibility index (Phi) is 2.84. The molecule has 2 heterocycles. The van der Waals surface area contributed by atoms with Crippen molar-refractivity contribution in [1.29, 1.82) is 0 Å². The van der Waals surface area contributed by atoms with Crippen molar-refractivity contribution in [1.82, 2.24) is 14.5 Å². The molecular formula is C10H18N4. The van der Waals surface area contributed by atoms with Gasteiger partial charge in [-0.15, -0.1) is 0 Å². The molecule has 1 fully saturated rings. The quantitative estimate of drug-likeness (QED) is 0.751. The number of hydrogen-bond acceptors (Lipinski definition) is 3. The van der Waals surface area contributed by atoms with Gasteiger partial charge < -0.3 is 15.2 Å². The molecule has 1 aliphatic heterocycles. The van der Waals surface area contributed by atoms with Gasteiger partial charge in [0, 0.05) is 30.9 Å². The largest absolute Gasteiger partial charge is 0.330 e. The molecule has 1 unspecified atom stereocenters. The van der Waals surface area contributed by atoms with Crippen molar-refractivity contribution >= 4 is 0 Å². The number of aromatic nitrogens is 2. The number of likely N-dealkylation sites (N-methyl/N-ethyl adjacent to an activating group) is 1. The van der Waals surface area contributed by atoms with E-state index in [1.54, 1.807) is 0 Å². The molecule has 1 aromatic rings. The van der Waals surface area contributed by atoms with Crippen molar-refractivity contribution in [3.8, 4) is 0 Å². The van der Waals surface area contributed by atoms with Crippen molar-refractivity contribution < 1.29 is 0 Å². The highest BCUT2D eigenvalue weighted by Crippen LogP contribution is 2.21. The van der Waals surface area contributed by atoms with Gasteiger partial charge in [0.15, 0.2) is 0 Å².